The number of aliphatic hydroxyl groups excluding tert-OH is 2. The van der Waals surface area contributed by atoms with Crippen LogP contribution in [-0.4, -0.2) is 234 Å². The Kier molecular flexibility index (Phi) is 40.3. The summed E-state index contributed by atoms with van der Waals surface area (Å²) in [5, 5.41) is 65.2. The van der Waals surface area contributed by atoms with Crippen molar-refractivity contribution < 1.29 is 126 Å². The number of hydrogen-bond acceptors (Lipinski definition) is 26. The number of hydrogen-bond donors (Lipinski definition) is 6. The highest BCUT2D eigenvalue weighted by Crippen LogP contribution is 2.43. The van der Waals surface area contributed by atoms with Crippen molar-refractivity contribution in [2.75, 3.05) is 49.3 Å². The van der Waals surface area contributed by atoms with Crippen LogP contribution in [-0.2, 0) is 95.3 Å². The summed E-state index contributed by atoms with van der Waals surface area (Å²) in [6, 6.07) is 0. The zero-order valence-corrected chi connectivity index (χ0v) is 72.0. The first kappa shape index (κ1) is 101. The number of ketones is 5. The summed E-state index contributed by atoms with van der Waals surface area (Å²) in [6.45, 7) is 42.1. The number of methoxy groups -OCH3 is 6. The van der Waals surface area contributed by atoms with E-state index in [1.807, 2.05) is 55.4 Å². The molecule has 110 heavy (non-hydrogen) atoms. The van der Waals surface area contributed by atoms with E-state index >= 15 is 0 Å². The molecule has 0 saturated carbocycles. The van der Waals surface area contributed by atoms with E-state index in [2.05, 4.69) is 0 Å². The van der Waals surface area contributed by atoms with E-state index in [-0.39, 0.29) is 101 Å². The Labute approximate surface area is 656 Å². The molecule has 0 aromatic carbocycles. The van der Waals surface area contributed by atoms with Gasteiger partial charge in [0, 0.05) is 95.9 Å². The van der Waals surface area contributed by atoms with Crippen molar-refractivity contribution in [3.63, 3.8) is 0 Å². The van der Waals surface area contributed by atoms with Crippen LogP contribution in [0, 0.1) is 94.7 Å². The van der Waals surface area contributed by atoms with Gasteiger partial charge in [0.05, 0.1) is 78.8 Å². The third-order valence-corrected chi connectivity index (χ3v) is 24.5. The number of carbonyl (C=O) groups excluding carboxylic acids is 9. The molecule has 0 amide bonds. The maximum Gasteiger partial charge on any atom is 0.316 e. The minimum Gasteiger partial charge on any atom is -0.462 e. The second-order valence-corrected chi connectivity index (χ2v) is 33.7. The van der Waals surface area contributed by atoms with Crippen LogP contribution in [0.25, 0.3) is 0 Å². The molecule has 636 valence electrons. The Morgan fingerprint density at radius 3 is 1.20 bits per heavy atom. The van der Waals surface area contributed by atoms with Crippen LogP contribution in [0.3, 0.4) is 0 Å². The van der Waals surface area contributed by atoms with Crippen LogP contribution >= 0.6 is 0 Å². The summed E-state index contributed by atoms with van der Waals surface area (Å²) in [6.07, 6.45) is 0.123. The molecule has 0 unspecified atom stereocenters. The maximum atomic E-state index is 13.2. The van der Waals surface area contributed by atoms with Gasteiger partial charge in [0.1, 0.15) is 52.9 Å². The van der Waals surface area contributed by atoms with Crippen LogP contribution in [0.1, 0.15) is 211 Å². The quantitative estimate of drug-likeness (QED) is 0.0542. The van der Waals surface area contributed by atoms with Crippen molar-refractivity contribution in [1.29, 1.82) is 0 Å². The molecule has 5 heterocycles. The van der Waals surface area contributed by atoms with Gasteiger partial charge in [0.2, 0.25) is 0 Å². The van der Waals surface area contributed by atoms with Crippen LogP contribution < -0.4 is 0 Å². The zero-order chi connectivity index (χ0) is 85.1. The predicted molar refractivity (Wildman–Crippen MR) is 412 cm³/mol. The number of carbonyl (C=O) groups is 9. The van der Waals surface area contributed by atoms with Gasteiger partial charge in [0.15, 0.2) is 28.7 Å². The fourth-order valence-electron chi connectivity index (χ4n) is 17.2. The Balaban J connectivity index is 0.000000500. The lowest BCUT2D eigenvalue weighted by molar-refractivity contribution is -0.198. The smallest absolute Gasteiger partial charge is 0.316 e. The van der Waals surface area contributed by atoms with E-state index in [4.69, 9.17) is 52.1 Å². The van der Waals surface area contributed by atoms with Crippen LogP contribution in [0.2, 0.25) is 0 Å². The van der Waals surface area contributed by atoms with E-state index < -0.39 is 160 Å². The first-order chi connectivity index (χ1) is 50.8. The van der Waals surface area contributed by atoms with Gasteiger partial charge in [-0.05, 0) is 149 Å². The number of rotatable bonds is 9. The van der Waals surface area contributed by atoms with Crippen molar-refractivity contribution >= 4 is 52.8 Å². The lowest BCUT2D eigenvalue weighted by Gasteiger charge is -2.43. The molecule has 5 aliphatic heterocycles. The maximum absolute atomic E-state index is 13.2. The molecular weight excluding hydrogens is 1420 g/mol. The number of allylic oxidation sites excluding steroid dienone is 2. The minimum atomic E-state index is -1.84. The van der Waals surface area contributed by atoms with Gasteiger partial charge in [0.25, 0.3) is 0 Å². The molecule has 26 nitrogen and oxygen atoms in total. The van der Waals surface area contributed by atoms with E-state index in [0.29, 0.717) is 38.7 Å². The molecule has 0 aliphatic carbocycles. The summed E-state index contributed by atoms with van der Waals surface area (Å²) >= 11 is 0. The van der Waals surface area contributed by atoms with Crippen LogP contribution in [0.4, 0.5) is 0 Å². The molecule has 33 atom stereocenters. The SMILES string of the molecule is CC[C@H]1OC(=O)[C@H](C)C(=O)[C@H](C)[C@@H](OC)[C@@H](C)C[C@@H](C)C(=O)/C=C/[C@]1(C)O.CC[C@H]1OC(=O)[C@H](C)[C@@H](OC)[C@@H](C)C[C@@H](C)C(=O)/C=C/[C@]1(C)O.CC[C@H]1OC(=O)[C@H](C)[C@@H](OC)[C@H](C)[C@@H](OC)[C@](C)(O)C[C@@H](C)C(=O)[C@H](C)[C@@H](O)[C@]1(C)O.CO[C@@H]1[C@@H](C)[C@H](OC)[C@@H](C)C(=O)O[C@H](C)[C@H](C)[C@H](O)[C@@H](C)C(=O)[C@]2(CO2)C[C@@H]1C. The summed E-state index contributed by atoms with van der Waals surface area (Å²) in [5.41, 5.74) is -7.00. The monoisotopic (exact) mass is 1570 g/mol. The molecule has 6 N–H and O–H groups in total. The summed E-state index contributed by atoms with van der Waals surface area (Å²) in [7, 11) is 9.26. The third kappa shape index (κ3) is 25.8. The van der Waals surface area contributed by atoms with Gasteiger partial charge in [-0.2, -0.15) is 0 Å². The van der Waals surface area contributed by atoms with Gasteiger partial charge in [-0.15, -0.1) is 0 Å². The Hall–Kier alpha value is -4.81. The van der Waals surface area contributed by atoms with Crippen molar-refractivity contribution in [2.24, 2.45) is 94.7 Å². The number of ether oxygens (including phenoxy) is 11. The molecule has 3 saturated heterocycles. The van der Waals surface area contributed by atoms with Gasteiger partial charge in [-0.25, -0.2) is 0 Å². The first-order valence-electron chi connectivity index (χ1n) is 39.7. The fraction of sp³-hybridized carbons (Fsp3) is 0.845. The first-order valence-corrected chi connectivity index (χ1v) is 39.7. The number of cyclic esters (lactones) is 4. The number of epoxide rings is 1. The number of aliphatic hydroxyl groups is 6. The predicted octanol–water partition coefficient (Wildman–Crippen LogP) is 9.18. The molecule has 5 aliphatic rings. The van der Waals surface area contributed by atoms with Crippen LogP contribution in [0.5, 0.6) is 0 Å². The topological polar surface area (TPSA) is 380 Å². The highest BCUT2D eigenvalue weighted by Gasteiger charge is 2.57. The average Bonchev–Trinajstić information content (AvgIpc) is 1.50. The van der Waals surface area contributed by atoms with E-state index in [1.54, 1.807) is 104 Å². The summed E-state index contributed by atoms with van der Waals surface area (Å²) in [4.78, 5) is 114. The second kappa shape index (κ2) is 43.8. The summed E-state index contributed by atoms with van der Waals surface area (Å²) < 4.78 is 61.6. The standard InChI is InChI=1S/C23H42O8.C22H38O7.C21H34O6.C18H30O5/c1-10-16-23(7,28)19(25)13(3)17(24)12(2)11-22(6,27)20(30-9)14(4)18(29-8)15(5)21(26)31-16;1-11-9-22(10-28-22)20(24)13(3)17(23)12(2)16(6)29-21(25)15(5)19(27-8)14(4)18(11)26-7;1-8-17-21(6,25)10-9-16(22)12(2)11-13(3)19(26-7)14(4)18(23)15(5)20(24)27-17;1-7-15-18(5,21)9-8-14(19)11(2)10-12(3)16(22-6)13(4)17(20)23-15/h12-16,18-20,25,27-28H,10-11H2,1-9H3;11-19,23H,9-10H2,1-8H3;9-10,12-15,17,19,25H,8,11H2,1-7H3;8-9,11-13,15-16,21H,7,10H2,1-6H3/b;;10-9+;9-8+/t12-,13+,14+,15-,16-,18+,19-,20-,22-,23-;11-,12-,13+,14+,15+,16+,17-,18-,19-,22+;12-,13+,14+,15-,17-,19+,21+;11-,12+,13-,15-,16+,18+/m1011/s1. The molecule has 0 aromatic heterocycles. The van der Waals surface area contributed by atoms with Gasteiger partial charge < -0.3 is 82.7 Å². The normalized spacial score (nSPS) is 44.3. The fourth-order valence-corrected chi connectivity index (χ4v) is 17.2. The Morgan fingerprint density at radius 1 is 0.418 bits per heavy atom. The molecule has 26 heteroatoms. The molecular formula is C84H144O26. The molecule has 0 aromatic rings. The van der Waals surface area contributed by atoms with Crippen molar-refractivity contribution in [3.05, 3.63) is 24.3 Å². The average molecular weight is 1570 g/mol. The van der Waals surface area contributed by atoms with Crippen molar-refractivity contribution in [3.8, 4) is 0 Å². The van der Waals surface area contributed by atoms with Gasteiger partial charge in [-0.3, -0.25) is 43.2 Å². The minimum absolute atomic E-state index is 0.00838. The zero-order valence-electron chi connectivity index (χ0n) is 72.0. The van der Waals surface area contributed by atoms with E-state index in [9.17, 15) is 73.8 Å². The largest absolute Gasteiger partial charge is 0.462 e. The molecule has 5 rings (SSSR count). The Bertz CT molecular complexity index is 3020. The van der Waals surface area contributed by atoms with Gasteiger partial charge >= 0.3 is 23.9 Å². The molecule has 0 bridgehead atoms. The Morgan fingerprint density at radius 2 is 0.800 bits per heavy atom. The summed E-state index contributed by atoms with van der Waals surface area (Å²) in [5.74, 6) is -9.62. The lowest BCUT2D eigenvalue weighted by atomic mass is 9.74. The van der Waals surface area contributed by atoms with Crippen molar-refractivity contribution in [1.82, 2.24) is 0 Å². The lowest BCUT2D eigenvalue weighted by Crippen LogP contribution is -2.57. The van der Waals surface area contributed by atoms with Gasteiger partial charge in [-0.1, -0.05) is 104 Å². The highest BCUT2D eigenvalue weighted by atomic mass is 16.6. The second-order valence-electron chi connectivity index (χ2n) is 33.7. The van der Waals surface area contributed by atoms with E-state index in [1.165, 1.54) is 73.3 Å². The van der Waals surface area contributed by atoms with Crippen molar-refractivity contribution in [2.45, 2.75) is 312 Å². The molecule has 1 spiro atoms. The van der Waals surface area contributed by atoms with Crippen LogP contribution in [0.15, 0.2) is 24.3 Å². The van der Waals surface area contributed by atoms with E-state index in [0.717, 1.165) is 0 Å². The third-order valence-electron chi connectivity index (χ3n) is 24.5. The highest BCUT2D eigenvalue weighted by molar-refractivity contribution is 6.00. The number of esters is 4. The number of Topliss-reactive ketones (excluding diaryl/α,β-unsaturated/α-hetero) is 3. The molecule has 0 radical (unpaired) electrons. The molecule has 3 fully saturated rings.